The molecule has 128 valence electrons. The maximum Gasteiger partial charge on any atom is 0.229 e. The van der Waals surface area contributed by atoms with Crippen molar-refractivity contribution in [3.63, 3.8) is 0 Å². The smallest absolute Gasteiger partial charge is 0.229 e. The minimum Gasteiger partial charge on any atom is -0.378 e. The summed E-state index contributed by atoms with van der Waals surface area (Å²) in [5.41, 5.74) is 2.11. The Morgan fingerprint density at radius 2 is 1.83 bits per heavy atom. The molecule has 0 amide bonds. The number of anilines is 4. The first-order chi connectivity index (χ1) is 11.5. The molecule has 0 radical (unpaired) electrons. The van der Waals surface area contributed by atoms with Gasteiger partial charge in [0.1, 0.15) is 5.82 Å². The number of aromatic nitrogens is 2. The lowest BCUT2D eigenvalue weighted by Crippen LogP contribution is -2.36. The number of hydrogen-bond donors (Lipinski definition) is 2. The number of rotatable bonds is 4. The van der Waals surface area contributed by atoms with Crippen LogP contribution in [0.4, 0.5) is 23.1 Å². The minimum atomic E-state index is -0.0443. The summed E-state index contributed by atoms with van der Waals surface area (Å²) in [5.74, 6) is 1.40. The molecule has 0 aliphatic carbocycles. The maximum absolute atomic E-state index is 5.45. The van der Waals surface area contributed by atoms with Gasteiger partial charge in [-0.3, -0.25) is 0 Å². The summed E-state index contributed by atoms with van der Waals surface area (Å²) in [6, 6.07) is 10.1. The Balaban J connectivity index is 1.80. The van der Waals surface area contributed by atoms with Crippen molar-refractivity contribution >= 4 is 23.1 Å². The average Bonchev–Trinajstić information content (AvgIpc) is 2.55. The molecule has 1 aromatic heterocycles. The average molecular weight is 327 g/mol. The highest BCUT2D eigenvalue weighted by Crippen LogP contribution is 2.28. The Bertz CT molecular complexity index is 677. The van der Waals surface area contributed by atoms with Gasteiger partial charge < -0.3 is 20.3 Å². The first kappa shape index (κ1) is 16.5. The van der Waals surface area contributed by atoms with E-state index in [4.69, 9.17) is 4.74 Å². The van der Waals surface area contributed by atoms with Gasteiger partial charge in [-0.05, 0) is 39.0 Å². The lowest BCUT2D eigenvalue weighted by atomic mass is 10.1. The van der Waals surface area contributed by atoms with Crippen molar-refractivity contribution in [3.8, 4) is 0 Å². The van der Waals surface area contributed by atoms with E-state index in [9.17, 15) is 0 Å². The molecule has 1 saturated heterocycles. The predicted octanol–water partition coefficient (Wildman–Crippen LogP) is 3.27. The van der Waals surface area contributed by atoms with E-state index < -0.39 is 0 Å². The van der Waals surface area contributed by atoms with E-state index in [-0.39, 0.29) is 5.54 Å². The fraction of sp³-hybridized carbons (Fsp3) is 0.444. The molecule has 0 spiro atoms. The normalized spacial score (nSPS) is 15.2. The Morgan fingerprint density at radius 1 is 1.08 bits per heavy atom. The molecule has 24 heavy (non-hydrogen) atoms. The maximum atomic E-state index is 5.45. The molecule has 0 bridgehead atoms. The summed E-state index contributed by atoms with van der Waals surface area (Å²) < 4.78 is 5.45. The van der Waals surface area contributed by atoms with Gasteiger partial charge in [-0.15, -0.1) is 0 Å². The van der Waals surface area contributed by atoms with E-state index in [0.29, 0.717) is 5.95 Å². The molecule has 1 aromatic carbocycles. The number of nitrogens with zero attached hydrogens (tertiary/aromatic N) is 3. The molecule has 1 aliphatic heterocycles. The van der Waals surface area contributed by atoms with Gasteiger partial charge in [-0.25, -0.2) is 4.98 Å². The van der Waals surface area contributed by atoms with E-state index in [1.807, 2.05) is 12.1 Å². The zero-order valence-electron chi connectivity index (χ0n) is 14.5. The summed E-state index contributed by atoms with van der Waals surface area (Å²) in [6.07, 6.45) is 1.76. The highest BCUT2D eigenvalue weighted by Gasteiger charge is 2.15. The molecule has 6 heteroatoms. The lowest BCUT2D eigenvalue weighted by Gasteiger charge is -2.30. The highest BCUT2D eigenvalue weighted by atomic mass is 16.5. The van der Waals surface area contributed by atoms with Gasteiger partial charge in [0, 0.05) is 24.8 Å². The van der Waals surface area contributed by atoms with Crippen LogP contribution in [0.5, 0.6) is 0 Å². The van der Waals surface area contributed by atoms with Gasteiger partial charge in [-0.1, -0.05) is 12.1 Å². The second-order valence-corrected chi connectivity index (χ2v) is 6.88. The molecule has 1 aliphatic rings. The molecular weight excluding hydrogens is 302 g/mol. The Morgan fingerprint density at radius 3 is 2.58 bits per heavy atom. The highest BCUT2D eigenvalue weighted by molar-refractivity contribution is 5.73. The molecule has 1 fully saturated rings. The SMILES string of the molecule is CC(C)(C)Nc1ccnc(Nc2ccccc2N2CCOCC2)n1. The van der Waals surface area contributed by atoms with E-state index in [2.05, 4.69) is 64.5 Å². The fourth-order valence-corrected chi connectivity index (χ4v) is 2.65. The van der Waals surface area contributed by atoms with Crippen LogP contribution >= 0.6 is 0 Å². The Labute approximate surface area is 143 Å². The number of morpholine rings is 1. The van der Waals surface area contributed by atoms with Crippen molar-refractivity contribution in [2.45, 2.75) is 26.3 Å². The van der Waals surface area contributed by atoms with Gasteiger partial charge >= 0.3 is 0 Å². The van der Waals surface area contributed by atoms with E-state index in [0.717, 1.165) is 43.5 Å². The van der Waals surface area contributed by atoms with Gasteiger partial charge in [0.15, 0.2) is 0 Å². The second kappa shape index (κ2) is 7.05. The molecule has 2 N–H and O–H groups in total. The number of benzene rings is 1. The van der Waals surface area contributed by atoms with Gasteiger partial charge in [0.2, 0.25) is 5.95 Å². The minimum absolute atomic E-state index is 0.0443. The molecule has 6 nitrogen and oxygen atoms in total. The summed E-state index contributed by atoms with van der Waals surface area (Å²) in [6.45, 7) is 9.63. The van der Waals surface area contributed by atoms with Crippen molar-refractivity contribution < 1.29 is 4.74 Å². The van der Waals surface area contributed by atoms with Gasteiger partial charge in [-0.2, -0.15) is 4.98 Å². The first-order valence-corrected chi connectivity index (χ1v) is 8.31. The van der Waals surface area contributed by atoms with Crippen molar-refractivity contribution in [2.24, 2.45) is 0 Å². The van der Waals surface area contributed by atoms with Crippen molar-refractivity contribution in [3.05, 3.63) is 36.5 Å². The number of para-hydroxylation sites is 2. The second-order valence-electron chi connectivity index (χ2n) is 6.88. The molecule has 0 atom stereocenters. The van der Waals surface area contributed by atoms with Crippen LogP contribution in [0, 0.1) is 0 Å². The van der Waals surface area contributed by atoms with Gasteiger partial charge in [0.25, 0.3) is 0 Å². The fourth-order valence-electron chi connectivity index (χ4n) is 2.65. The molecular formula is C18H25N5O. The molecule has 0 saturated carbocycles. The van der Waals surface area contributed by atoms with E-state index in [1.54, 1.807) is 6.20 Å². The van der Waals surface area contributed by atoms with E-state index >= 15 is 0 Å². The lowest BCUT2D eigenvalue weighted by molar-refractivity contribution is 0.123. The third kappa shape index (κ3) is 4.35. The Kier molecular flexibility index (Phi) is 4.85. The number of hydrogen-bond acceptors (Lipinski definition) is 6. The zero-order valence-corrected chi connectivity index (χ0v) is 14.5. The quantitative estimate of drug-likeness (QED) is 0.899. The summed E-state index contributed by atoms with van der Waals surface area (Å²) in [4.78, 5) is 11.2. The molecule has 2 heterocycles. The van der Waals surface area contributed by atoms with Crippen LogP contribution in [-0.4, -0.2) is 41.8 Å². The van der Waals surface area contributed by atoms with Crippen LogP contribution in [0.3, 0.4) is 0 Å². The number of nitrogens with one attached hydrogen (secondary N) is 2. The predicted molar refractivity (Wildman–Crippen MR) is 98.2 cm³/mol. The van der Waals surface area contributed by atoms with Crippen LogP contribution in [0.1, 0.15) is 20.8 Å². The van der Waals surface area contributed by atoms with Crippen molar-refractivity contribution in [1.82, 2.24) is 9.97 Å². The Hall–Kier alpha value is -2.34. The zero-order chi connectivity index (χ0) is 17.0. The standard InChI is InChI=1S/C18H25N5O/c1-18(2,3)22-16-8-9-19-17(21-16)20-14-6-4-5-7-15(14)23-10-12-24-13-11-23/h4-9H,10-13H2,1-3H3,(H2,19,20,21,22). The van der Waals surface area contributed by atoms with Crippen LogP contribution in [-0.2, 0) is 4.74 Å². The summed E-state index contributed by atoms with van der Waals surface area (Å²) in [7, 11) is 0. The third-order valence-electron chi connectivity index (χ3n) is 3.66. The molecule has 0 unspecified atom stereocenters. The summed E-state index contributed by atoms with van der Waals surface area (Å²) >= 11 is 0. The van der Waals surface area contributed by atoms with Crippen LogP contribution in [0.25, 0.3) is 0 Å². The first-order valence-electron chi connectivity index (χ1n) is 8.31. The van der Waals surface area contributed by atoms with Gasteiger partial charge in [0.05, 0.1) is 24.6 Å². The van der Waals surface area contributed by atoms with Crippen LogP contribution < -0.4 is 15.5 Å². The van der Waals surface area contributed by atoms with Crippen LogP contribution in [0.15, 0.2) is 36.5 Å². The number of ether oxygens (including phenoxy) is 1. The van der Waals surface area contributed by atoms with Crippen molar-refractivity contribution in [1.29, 1.82) is 0 Å². The molecule has 3 rings (SSSR count). The van der Waals surface area contributed by atoms with E-state index in [1.165, 1.54) is 0 Å². The van der Waals surface area contributed by atoms with Crippen molar-refractivity contribution in [2.75, 3.05) is 41.8 Å². The third-order valence-corrected chi connectivity index (χ3v) is 3.66. The summed E-state index contributed by atoms with van der Waals surface area (Å²) in [5, 5.41) is 6.72. The monoisotopic (exact) mass is 327 g/mol. The topological polar surface area (TPSA) is 62.3 Å². The van der Waals surface area contributed by atoms with Crippen LogP contribution in [0.2, 0.25) is 0 Å². The largest absolute Gasteiger partial charge is 0.378 e. The molecule has 2 aromatic rings.